The lowest BCUT2D eigenvalue weighted by atomic mass is 9.47. The van der Waals surface area contributed by atoms with Crippen LogP contribution in [0.5, 0.6) is 0 Å². The zero-order valence-electron chi connectivity index (χ0n) is 14.9. The Bertz CT molecular complexity index is 545. The molecule has 0 saturated heterocycles. The first-order valence-corrected chi connectivity index (χ1v) is 8.80. The van der Waals surface area contributed by atoms with Crippen molar-refractivity contribution in [3.8, 4) is 0 Å². The number of carboxylic acids is 1. The second kappa shape index (κ2) is 6.62. The smallest absolute Gasteiger partial charge is 0.328 e. The summed E-state index contributed by atoms with van der Waals surface area (Å²) in [5.74, 6) is 0.181. The Morgan fingerprint density at radius 3 is 2.70 bits per heavy atom. The fourth-order valence-electron chi connectivity index (χ4n) is 5.07. The van der Waals surface area contributed by atoms with E-state index in [-0.39, 0.29) is 10.8 Å². The van der Waals surface area contributed by atoms with Gasteiger partial charge in [-0.15, -0.1) is 0 Å². The van der Waals surface area contributed by atoms with Crippen LogP contribution in [0.3, 0.4) is 0 Å². The van der Waals surface area contributed by atoms with E-state index >= 15 is 0 Å². The lowest BCUT2D eigenvalue weighted by molar-refractivity contribution is -0.131. The third-order valence-electron chi connectivity index (χ3n) is 7.01. The summed E-state index contributed by atoms with van der Waals surface area (Å²) in [6.45, 7) is 9.36. The summed E-state index contributed by atoms with van der Waals surface area (Å²) in [5.41, 5.74) is 2.34. The molecule has 0 aromatic rings. The van der Waals surface area contributed by atoms with E-state index in [0.717, 1.165) is 18.9 Å². The highest BCUT2D eigenvalue weighted by Crippen LogP contribution is 2.61. The number of aliphatic carboxylic acids is 1. The lowest BCUT2D eigenvalue weighted by Crippen LogP contribution is -2.49. The predicted molar refractivity (Wildman–Crippen MR) is 92.1 cm³/mol. The van der Waals surface area contributed by atoms with Crippen LogP contribution in [0.1, 0.15) is 66.2 Å². The molecule has 2 rings (SSSR count). The maximum atomic E-state index is 11.2. The van der Waals surface area contributed by atoms with Crippen LogP contribution in [0.25, 0.3) is 0 Å². The number of carbonyl (C=O) groups is 2. The Labute approximate surface area is 139 Å². The first-order valence-electron chi connectivity index (χ1n) is 8.80. The van der Waals surface area contributed by atoms with E-state index in [1.165, 1.54) is 24.8 Å². The van der Waals surface area contributed by atoms with Gasteiger partial charge in [-0.1, -0.05) is 32.4 Å². The highest BCUT2D eigenvalue weighted by atomic mass is 16.4. The van der Waals surface area contributed by atoms with Gasteiger partial charge < -0.3 is 5.11 Å². The van der Waals surface area contributed by atoms with E-state index in [0.29, 0.717) is 30.1 Å². The topological polar surface area (TPSA) is 54.4 Å². The van der Waals surface area contributed by atoms with Crippen molar-refractivity contribution < 1.29 is 14.7 Å². The predicted octanol–water partition coefficient (Wildman–Crippen LogP) is 4.78. The Balaban J connectivity index is 2.25. The summed E-state index contributed by atoms with van der Waals surface area (Å²) < 4.78 is 0. The van der Waals surface area contributed by atoms with E-state index < -0.39 is 5.97 Å². The van der Waals surface area contributed by atoms with E-state index in [4.69, 9.17) is 5.11 Å². The van der Waals surface area contributed by atoms with Gasteiger partial charge in [0.25, 0.3) is 0 Å². The fraction of sp³-hybridized carbons (Fsp3) is 0.700. The van der Waals surface area contributed by atoms with Gasteiger partial charge in [0.1, 0.15) is 6.29 Å². The molecule has 2 aliphatic carbocycles. The van der Waals surface area contributed by atoms with Gasteiger partial charge in [0.05, 0.1) is 0 Å². The zero-order chi connectivity index (χ0) is 17.3. The summed E-state index contributed by atoms with van der Waals surface area (Å²) in [4.78, 5) is 22.0. The van der Waals surface area contributed by atoms with Crippen molar-refractivity contribution in [1.82, 2.24) is 0 Å². The largest absolute Gasteiger partial charge is 0.478 e. The summed E-state index contributed by atoms with van der Waals surface area (Å²) >= 11 is 0. The molecule has 1 N–H and O–H groups in total. The van der Waals surface area contributed by atoms with Crippen LogP contribution < -0.4 is 0 Å². The minimum atomic E-state index is -1.03. The molecule has 0 spiro atoms. The maximum absolute atomic E-state index is 11.2. The van der Waals surface area contributed by atoms with Gasteiger partial charge in [0.2, 0.25) is 0 Å². The summed E-state index contributed by atoms with van der Waals surface area (Å²) in [6.07, 6.45) is 10.4. The SMILES string of the molecule is CC1=CCC[C@@H]2[C@@](C)(CC/C(C=O)=C\C(=O)O)[C@H](C)CC[C@@]12C. The van der Waals surface area contributed by atoms with Crippen LogP contribution in [0, 0.1) is 22.7 Å². The van der Waals surface area contributed by atoms with Crippen LogP contribution in [0.4, 0.5) is 0 Å². The zero-order valence-corrected chi connectivity index (χ0v) is 14.9. The van der Waals surface area contributed by atoms with Gasteiger partial charge in [0, 0.05) is 6.08 Å². The Morgan fingerprint density at radius 1 is 1.39 bits per heavy atom. The van der Waals surface area contributed by atoms with Gasteiger partial charge in [0.15, 0.2) is 0 Å². The molecule has 0 aromatic carbocycles. The molecule has 2 aliphatic rings. The standard InChI is InChI=1S/C20H30O3/c1-14-6-5-7-17-19(14,3)10-8-15(2)20(17,4)11-9-16(13-21)12-18(22)23/h6,12-13,15,17H,5,7-11H2,1-4H3,(H,22,23)/b16-12+/t15-,17+,19+,20+/m1/s1. The van der Waals surface area contributed by atoms with Gasteiger partial charge in [-0.2, -0.15) is 0 Å². The molecule has 0 aromatic heterocycles. The van der Waals surface area contributed by atoms with Gasteiger partial charge in [-0.05, 0) is 73.7 Å². The molecule has 128 valence electrons. The van der Waals surface area contributed by atoms with Crippen molar-refractivity contribution in [1.29, 1.82) is 0 Å². The third-order valence-corrected chi connectivity index (χ3v) is 7.01. The number of carboxylic acid groups (broad SMARTS) is 1. The molecule has 1 fully saturated rings. The fourth-order valence-corrected chi connectivity index (χ4v) is 5.07. The number of rotatable bonds is 5. The number of aldehydes is 1. The number of fused-ring (bicyclic) bond motifs is 1. The third kappa shape index (κ3) is 3.29. The summed E-state index contributed by atoms with van der Waals surface area (Å²) in [6, 6.07) is 0. The molecule has 0 heterocycles. The highest BCUT2D eigenvalue weighted by Gasteiger charge is 2.52. The van der Waals surface area contributed by atoms with E-state index in [1.807, 2.05) is 0 Å². The molecule has 0 bridgehead atoms. The minimum Gasteiger partial charge on any atom is -0.478 e. The van der Waals surface area contributed by atoms with Crippen molar-refractivity contribution in [3.63, 3.8) is 0 Å². The Hall–Kier alpha value is -1.38. The lowest BCUT2D eigenvalue weighted by Gasteiger charge is -2.58. The average molecular weight is 318 g/mol. The number of hydrogen-bond donors (Lipinski definition) is 1. The van der Waals surface area contributed by atoms with Crippen LogP contribution in [-0.4, -0.2) is 17.4 Å². The number of carbonyl (C=O) groups excluding carboxylic acids is 1. The molecule has 0 unspecified atom stereocenters. The van der Waals surface area contributed by atoms with E-state index in [9.17, 15) is 9.59 Å². The monoisotopic (exact) mass is 318 g/mol. The maximum Gasteiger partial charge on any atom is 0.328 e. The first kappa shape index (κ1) is 18.0. The van der Waals surface area contributed by atoms with Crippen molar-refractivity contribution in [3.05, 3.63) is 23.3 Å². The number of hydrogen-bond acceptors (Lipinski definition) is 2. The average Bonchev–Trinajstić information content (AvgIpc) is 2.50. The molecule has 3 nitrogen and oxygen atoms in total. The molecular formula is C20H30O3. The highest BCUT2D eigenvalue weighted by molar-refractivity contribution is 5.88. The Morgan fingerprint density at radius 2 is 2.09 bits per heavy atom. The second-order valence-corrected chi connectivity index (χ2v) is 8.06. The summed E-state index contributed by atoms with van der Waals surface area (Å²) in [7, 11) is 0. The molecule has 1 saturated carbocycles. The molecule has 3 heteroatoms. The molecular weight excluding hydrogens is 288 g/mol. The second-order valence-electron chi connectivity index (χ2n) is 8.06. The summed E-state index contributed by atoms with van der Waals surface area (Å²) in [5, 5.41) is 8.89. The van der Waals surface area contributed by atoms with Crippen LogP contribution in [0.2, 0.25) is 0 Å². The molecule has 0 aliphatic heterocycles. The van der Waals surface area contributed by atoms with Crippen LogP contribution in [0.15, 0.2) is 23.3 Å². The van der Waals surface area contributed by atoms with Crippen molar-refractivity contribution in [2.75, 3.05) is 0 Å². The molecule has 4 atom stereocenters. The van der Waals surface area contributed by atoms with Gasteiger partial charge >= 0.3 is 5.97 Å². The normalized spacial score (nSPS) is 37.7. The number of allylic oxidation sites excluding steroid dienone is 3. The van der Waals surface area contributed by atoms with Crippen molar-refractivity contribution >= 4 is 12.3 Å². The molecule has 0 amide bonds. The van der Waals surface area contributed by atoms with Gasteiger partial charge in [-0.3, -0.25) is 4.79 Å². The van der Waals surface area contributed by atoms with Gasteiger partial charge in [-0.25, -0.2) is 4.79 Å². The van der Waals surface area contributed by atoms with E-state index in [1.54, 1.807) is 0 Å². The molecule has 23 heavy (non-hydrogen) atoms. The van der Waals surface area contributed by atoms with Crippen molar-refractivity contribution in [2.24, 2.45) is 22.7 Å². The van der Waals surface area contributed by atoms with Crippen LogP contribution in [-0.2, 0) is 9.59 Å². The quantitative estimate of drug-likeness (QED) is 0.451. The molecule has 0 radical (unpaired) electrons. The van der Waals surface area contributed by atoms with Crippen molar-refractivity contribution in [2.45, 2.75) is 66.2 Å². The Kier molecular flexibility index (Phi) is 5.17. The minimum absolute atomic E-state index is 0.156. The van der Waals surface area contributed by atoms with Crippen LogP contribution >= 0.6 is 0 Å². The van der Waals surface area contributed by atoms with E-state index in [2.05, 4.69) is 33.8 Å². The first-order chi connectivity index (χ1) is 10.7.